The molecule has 3 aliphatic rings. The Bertz CT molecular complexity index is 432. The lowest BCUT2D eigenvalue weighted by Crippen LogP contribution is -2.54. The zero-order chi connectivity index (χ0) is 15.6. The average molecular weight is 307 g/mol. The highest BCUT2D eigenvalue weighted by molar-refractivity contribution is 6.07. The van der Waals surface area contributed by atoms with Crippen molar-refractivity contribution >= 4 is 11.9 Å². The van der Waals surface area contributed by atoms with Crippen LogP contribution < -0.4 is 5.32 Å². The number of urea groups is 1. The van der Waals surface area contributed by atoms with Gasteiger partial charge in [-0.2, -0.15) is 0 Å². The number of likely N-dealkylation sites (tertiary alicyclic amines) is 1. The Morgan fingerprint density at radius 1 is 1.05 bits per heavy atom. The molecule has 1 spiro atoms. The fourth-order valence-electron chi connectivity index (χ4n) is 4.28. The highest BCUT2D eigenvalue weighted by atomic mass is 16.2. The molecule has 3 rings (SSSR count). The maximum Gasteiger partial charge on any atom is 0.326 e. The standard InChI is InChI=1S/C17H29N3O2/c1-14-9-5-6-10-17(14)15(21)20(16(22)18-17)13-19-11-7-3-2-4-8-12-19/h14H,2-13H2,1H3,(H,18,22)/t14-,17+/m0/s1. The van der Waals surface area contributed by atoms with Crippen molar-refractivity contribution in [2.75, 3.05) is 19.8 Å². The first-order valence-corrected chi connectivity index (χ1v) is 9.00. The summed E-state index contributed by atoms with van der Waals surface area (Å²) in [4.78, 5) is 29.1. The lowest BCUT2D eigenvalue weighted by molar-refractivity contribution is -0.135. The molecule has 0 aromatic heterocycles. The molecule has 0 aromatic carbocycles. The minimum Gasteiger partial charge on any atom is -0.323 e. The average Bonchev–Trinajstić information content (AvgIpc) is 2.70. The van der Waals surface area contributed by atoms with Gasteiger partial charge in [0.2, 0.25) is 0 Å². The first kappa shape index (κ1) is 15.8. The molecular formula is C17H29N3O2. The fourth-order valence-corrected chi connectivity index (χ4v) is 4.28. The summed E-state index contributed by atoms with van der Waals surface area (Å²) in [5.41, 5.74) is -0.613. The number of carbonyl (C=O) groups excluding carboxylic acids is 2. The summed E-state index contributed by atoms with van der Waals surface area (Å²) in [7, 11) is 0. The zero-order valence-electron chi connectivity index (χ0n) is 13.8. The van der Waals surface area contributed by atoms with Gasteiger partial charge in [0.05, 0.1) is 6.67 Å². The van der Waals surface area contributed by atoms with E-state index in [1.807, 2.05) is 0 Å². The molecule has 2 atom stereocenters. The van der Waals surface area contributed by atoms with Crippen LogP contribution in [0, 0.1) is 5.92 Å². The van der Waals surface area contributed by atoms with Gasteiger partial charge < -0.3 is 5.32 Å². The van der Waals surface area contributed by atoms with Crippen LogP contribution in [0.4, 0.5) is 4.79 Å². The molecule has 5 heteroatoms. The molecule has 0 radical (unpaired) electrons. The molecule has 124 valence electrons. The molecule has 0 aromatic rings. The number of amides is 3. The third-order valence-electron chi connectivity index (χ3n) is 5.79. The second kappa shape index (κ2) is 6.57. The molecule has 22 heavy (non-hydrogen) atoms. The number of nitrogens with one attached hydrogen (secondary N) is 1. The Kier molecular flexibility index (Phi) is 4.71. The van der Waals surface area contributed by atoms with Gasteiger partial charge in [-0.1, -0.05) is 39.0 Å². The Balaban J connectivity index is 1.68. The Morgan fingerprint density at radius 2 is 1.73 bits per heavy atom. The van der Waals surface area contributed by atoms with Crippen LogP contribution in [0.2, 0.25) is 0 Å². The summed E-state index contributed by atoms with van der Waals surface area (Å²) < 4.78 is 0. The molecule has 0 unspecified atom stereocenters. The van der Waals surface area contributed by atoms with Gasteiger partial charge in [-0.3, -0.25) is 9.69 Å². The Morgan fingerprint density at radius 3 is 2.41 bits per heavy atom. The predicted octanol–water partition coefficient (Wildman–Crippen LogP) is 2.71. The van der Waals surface area contributed by atoms with Gasteiger partial charge in [0.25, 0.3) is 5.91 Å². The van der Waals surface area contributed by atoms with Gasteiger partial charge in [-0.15, -0.1) is 0 Å². The van der Waals surface area contributed by atoms with E-state index < -0.39 is 5.54 Å². The lowest BCUT2D eigenvalue weighted by atomic mass is 9.73. The molecule has 5 nitrogen and oxygen atoms in total. The van der Waals surface area contributed by atoms with Crippen LogP contribution in [0.25, 0.3) is 0 Å². The van der Waals surface area contributed by atoms with Crippen molar-refractivity contribution in [1.82, 2.24) is 15.1 Å². The van der Waals surface area contributed by atoms with E-state index in [0.717, 1.165) is 38.8 Å². The van der Waals surface area contributed by atoms with Crippen LogP contribution in [0.3, 0.4) is 0 Å². The highest BCUT2D eigenvalue weighted by Crippen LogP contribution is 2.38. The van der Waals surface area contributed by atoms with E-state index in [2.05, 4.69) is 17.1 Å². The molecule has 1 saturated carbocycles. The lowest BCUT2D eigenvalue weighted by Gasteiger charge is -2.37. The van der Waals surface area contributed by atoms with E-state index in [9.17, 15) is 9.59 Å². The van der Waals surface area contributed by atoms with Crippen molar-refractivity contribution in [2.45, 2.75) is 70.3 Å². The van der Waals surface area contributed by atoms with Crippen molar-refractivity contribution in [2.24, 2.45) is 5.92 Å². The first-order chi connectivity index (χ1) is 10.6. The van der Waals surface area contributed by atoms with Crippen LogP contribution in [-0.4, -0.2) is 47.0 Å². The minimum atomic E-state index is -0.613. The number of hydrogen-bond donors (Lipinski definition) is 1. The molecule has 1 aliphatic carbocycles. The largest absolute Gasteiger partial charge is 0.326 e. The molecule has 3 fully saturated rings. The minimum absolute atomic E-state index is 0.0201. The number of carbonyl (C=O) groups is 2. The van der Waals surface area contributed by atoms with Crippen LogP contribution in [0.1, 0.15) is 64.7 Å². The van der Waals surface area contributed by atoms with Gasteiger partial charge in [0.15, 0.2) is 0 Å². The van der Waals surface area contributed by atoms with Gasteiger partial charge in [0.1, 0.15) is 5.54 Å². The number of imide groups is 1. The summed E-state index contributed by atoms with van der Waals surface area (Å²) in [6, 6.07) is -0.180. The van der Waals surface area contributed by atoms with Crippen LogP contribution in [0.5, 0.6) is 0 Å². The third-order valence-corrected chi connectivity index (χ3v) is 5.79. The quantitative estimate of drug-likeness (QED) is 0.798. The predicted molar refractivity (Wildman–Crippen MR) is 85.3 cm³/mol. The van der Waals surface area contributed by atoms with Gasteiger partial charge in [0, 0.05) is 0 Å². The van der Waals surface area contributed by atoms with E-state index in [1.165, 1.54) is 37.0 Å². The van der Waals surface area contributed by atoms with Gasteiger partial charge in [-0.25, -0.2) is 9.69 Å². The number of nitrogens with zero attached hydrogens (tertiary/aromatic N) is 2. The van der Waals surface area contributed by atoms with Crippen LogP contribution in [0.15, 0.2) is 0 Å². The summed E-state index contributed by atoms with van der Waals surface area (Å²) in [6.45, 7) is 4.58. The molecule has 3 amide bonds. The molecule has 0 bridgehead atoms. The second-order valence-electron chi connectivity index (χ2n) is 7.31. The normalized spacial score (nSPS) is 34.6. The molecule has 2 heterocycles. The summed E-state index contributed by atoms with van der Waals surface area (Å²) in [5, 5.41) is 3.05. The maximum absolute atomic E-state index is 12.9. The molecule has 2 saturated heterocycles. The van der Waals surface area contributed by atoms with Crippen LogP contribution >= 0.6 is 0 Å². The van der Waals surface area contributed by atoms with Crippen LogP contribution in [-0.2, 0) is 4.79 Å². The van der Waals surface area contributed by atoms with E-state index in [-0.39, 0.29) is 17.9 Å². The van der Waals surface area contributed by atoms with Crippen molar-refractivity contribution in [3.8, 4) is 0 Å². The monoisotopic (exact) mass is 307 g/mol. The number of rotatable bonds is 2. The molecular weight excluding hydrogens is 278 g/mol. The van der Waals surface area contributed by atoms with Gasteiger partial charge >= 0.3 is 6.03 Å². The van der Waals surface area contributed by atoms with Crippen molar-refractivity contribution in [3.05, 3.63) is 0 Å². The van der Waals surface area contributed by atoms with E-state index in [4.69, 9.17) is 0 Å². The molecule has 1 N–H and O–H groups in total. The third kappa shape index (κ3) is 2.87. The van der Waals surface area contributed by atoms with Crippen molar-refractivity contribution in [3.63, 3.8) is 0 Å². The number of hydrogen-bond acceptors (Lipinski definition) is 3. The zero-order valence-corrected chi connectivity index (χ0v) is 13.8. The Labute approximate surface area is 133 Å². The van der Waals surface area contributed by atoms with E-state index in [1.54, 1.807) is 0 Å². The molecule has 2 aliphatic heterocycles. The highest BCUT2D eigenvalue weighted by Gasteiger charge is 2.54. The second-order valence-corrected chi connectivity index (χ2v) is 7.31. The van der Waals surface area contributed by atoms with Gasteiger partial charge in [-0.05, 0) is 44.7 Å². The smallest absolute Gasteiger partial charge is 0.323 e. The van der Waals surface area contributed by atoms with Crippen molar-refractivity contribution in [1.29, 1.82) is 0 Å². The first-order valence-electron chi connectivity index (χ1n) is 9.00. The fraction of sp³-hybridized carbons (Fsp3) is 0.882. The van der Waals surface area contributed by atoms with E-state index in [0.29, 0.717) is 6.67 Å². The summed E-state index contributed by atoms with van der Waals surface area (Å²) in [6.07, 6.45) is 10.2. The maximum atomic E-state index is 12.9. The van der Waals surface area contributed by atoms with E-state index >= 15 is 0 Å². The topological polar surface area (TPSA) is 52.7 Å². The summed E-state index contributed by atoms with van der Waals surface area (Å²) >= 11 is 0. The SMILES string of the molecule is C[C@H]1CCCC[C@@]12NC(=O)N(CN1CCCCCCC1)C2=O. The Hall–Kier alpha value is -1.10. The van der Waals surface area contributed by atoms with Crippen molar-refractivity contribution < 1.29 is 9.59 Å². The summed E-state index contributed by atoms with van der Waals surface area (Å²) in [5.74, 6) is 0.266.